The van der Waals surface area contributed by atoms with Gasteiger partial charge >= 0.3 is 0 Å². The Morgan fingerprint density at radius 1 is 1.23 bits per heavy atom. The number of ether oxygens (including phenoxy) is 2. The Morgan fingerprint density at radius 3 is 2.55 bits per heavy atom. The van der Waals surface area contributed by atoms with Crippen molar-refractivity contribution < 1.29 is 14.3 Å². The molecule has 0 aliphatic carbocycles. The molecular weight excluding hydrogens is 300 g/mol. The fraction of sp³-hybridized carbons (Fsp3) is 0.375. The van der Waals surface area contributed by atoms with E-state index in [9.17, 15) is 4.79 Å². The highest BCUT2D eigenvalue weighted by molar-refractivity contribution is 7.80. The Kier molecular flexibility index (Phi) is 5.38. The highest BCUT2D eigenvalue weighted by Gasteiger charge is 2.29. The third-order valence-electron chi connectivity index (χ3n) is 3.17. The number of amides is 1. The third kappa shape index (κ3) is 3.39. The Hall–Kier alpha value is -2.08. The molecule has 0 aromatic heterocycles. The average Bonchev–Trinajstić information content (AvgIpc) is 2.76. The second-order valence-corrected chi connectivity index (χ2v) is 4.99. The molecule has 0 atom stereocenters. The van der Waals surface area contributed by atoms with Gasteiger partial charge in [0.1, 0.15) is 17.2 Å². The topological polar surface area (TPSA) is 50.8 Å². The van der Waals surface area contributed by atoms with Crippen LogP contribution >= 0.6 is 12.2 Å². The fourth-order valence-electron chi connectivity index (χ4n) is 2.19. The van der Waals surface area contributed by atoms with Crippen LogP contribution in [0.4, 0.5) is 0 Å². The summed E-state index contributed by atoms with van der Waals surface area (Å²) in [7, 11) is 0. The van der Waals surface area contributed by atoms with Gasteiger partial charge in [-0.15, -0.1) is 0 Å². The summed E-state index contributed by atoms with van der Waals surface area (Å²) in [5.41, 5.74) is 1.26. The zero-order valence-corrected chi connectivity index (χ0v) is 13.8. The van der Waals surface area contributed by atoms with Gasteiger partial charge in [0.25, 0.3) is 5.91 Å². The number of nitrogens with one attached hydrogen (secondary N) is 1. The Bertz CT molecular complexity index is 613. The summed E-state index contributed by atoms with van der Waals surface area (Å²) >= 11 is 5.15. The van der Waals surface area contributed by atoms with Crippen molar-refractivity contribution in [1.29, 1.82) is 0 Å². The molecule has 1 N–H and O–H groups in total. The Morgan fingerprint density at radius 2 is 1.95 bits per heavy atom. The van der Waals surface area contributed by atoms with E-state index in [1.807, 2.05) is 39.0 Å². The standard InChI is InChI=1S/C16H20N2O3S/c1-4-18-15(19)13(17-16(18)22)9-11-7-8-12(20-5-2)10-14(11)21-6-3/h7-10H,4-6H2,1-3H3,(H,17,22). The maximum absolute atomic E-state index is 12.2. The number of nitrogens with zero attached hydrogens (tertiary/aromatic N) is 1. The molecule has 22 heavy (non-hydrogen) atoms. The van der Waals surface area contributed by atoms with Crippen molar-refractivity contribution in [2.45, 2.75) is 20.8 Å². The van der Waals surface area contributed by atoms with Gasteiger partial charge in [0.2, 0.25) is 0 Å². The third-order valence-corrected chi connectivity index (χ3v) is 3.50. The molecule has 1 aliphatic rings. The Labute approximate surface area is 135 Å². The van der Waals surface area contributed by atoms with Gasteiger partial charge in [-0.05, 0) is 51.2 Å². The van der Waals surface area contributed by atoms with E-state index in [4.69, 9.17) is 21.7 Å². The normalized spacial score (nSPS) is 16.1. The lowest BCUT2D eigenvalue weighted by molar-refractivity contribution is -0.122. The molecule has 1 saturated heterocycles. The first-order valence-electron chi connectivity index (χ1n) is 7.34. The molecule has 0 spiro atoms. The van der Waals surface area contributed by atoms with Gasteiger partial charge in [0.05, 0.1) is 13.2 Å². The van der Waals surface area contributed by atoms with Crippen LogP contribution in [0.25, 0.3) is 6.08 Å². The molecule has 1 aliphatic heterocycles. The smallest absolute Gasteiger partial charge is 0.276 e. The van der Waals surface area contributed by atoms with E-state index in [-0.39, 0.29) is 5.91 Å². The van der Waals surface area contributed by atoms with Gasteiger partial charge in [0, 0.05) is 18.2 Å². The van der Waals surface area contributed by atoms with Crippen LogP contribution in [0, 0.1) is 0 Å². The number of rotatable bonds is 6. The van der Waals surface area contributed by atoms with E-state index in [2.05, 4.69) is 5.32 Å². The van der Waals surface area contributed by atoms with Gasteiger partial charge in [-0.25, -0.2) is 0 Å². The summed E-state index contributed by atoms with van der Waals surface area (Å²) in [6.07, 6.45) is 1.75. The van der Waals surface area contributed by atoms with E-state index in [1.54, 1.807) is 6.08 Å². The lowest BCUT2D eigenvalue weighted by Gasteiger charge is -2.11. The van der Waals surface area contributed by atoms with Gasteiger partial charge < -0.3 is 14.8 Å². The van der Waals surface area contributed by atoms with Crippen molar-refractivity contribution in [3.63, 3.8) is 0 Å². The van der Waals surface area contributed by atoms with Crippen molar-refractivity contribution in [3.05, 3.63) is 29.5 Å². The van der Waals surface area contributed by atoms with Crippen molar-refractivity contribution >= 4 is 29.3 Å². The Balaban J connectivity index is 2.34. The number of benzene rings is 1. The highest BCUT2D eigenvalue weighted by atomic mass is 32.1. The summed E-state index contributed by atoms with van der Waals surface area (Å²) in [4.78, 5) is 13.8. The molecule has 1 aromatic carbocycles. The number of hydrogen-bond acceptors (Lipinski definition) is 4. The van der Waals surface area contributed by atoms with E-state index in [0.29, 0.717) is 36.3 Å². The van der Waals surface area contributed by atoms with E-state index in [0.717, 1.165) is 11.3 Å². The predicted octanol–water partition coefficient (Wildman–Crippen LogP) is 2.56. The molecule has 1 heterocycles. The zero-order valence-electron chi connectivity index (χ0n) is 13.0. The fourth-order valence-corrected chi connectivity index (χ4v) is 2.51. The van der Waals surface area contributed by atoms with E-state index >= 15 is 0 Å². The lowest BCUT2D eigenvalue weighted by Crippen LogP contribution is -2.30. The van der Waals surface area contributed by atoms with Crippen LogP contribution in [0.5, 0.6) is 11.5 Å². The molecule has 0 saturated carbocycles. The van der Waals surface area contributed by atoms with Gasteiger partial charge in [-0.1, -0.05) is 0 Å². The van der Waals surface area contributed by atoms with Gasteiger partial charge in [-0.2, -0.15) is 0 Å². The van der Waals surface area contributed by atoms with Crippen LogP contribution in [-0.2, 0) is 4.79 Å². The quantitative estimate of drug-likeness (QED) is 0.645. The van der Waals surface area contributed by atoms with Crippen molar-refractivity contribution in [1.82, 2.24) is 10.2 Å². The first-order valence-corrected chi connectivity index (χ1v) is 7.75. The average molecular weight is 320 g/mol. The summed E-state index contributed by atoms with van der Waals surface area (Å²) in [6, 6.07) is 5.55. The minimum Gasteiger partial charge on any atom is -0.494 e. The van der Waals surface area contributed by atoms with Crippen LogP contribution in [0.3, 0.4) is 0 Å². The number of thiocarbonyl (C=S) groups is 1. The molecular formula is C16H20N2O3S. The van der Waals surface area contributed by atoms with Crippen molar-refractivity contribution in [3.8, 4) is 11.5 Å². The zero-order chi connectivity index (χ0) is 16.1. The van der Waals surface area contributed by atoms with E-state index < -0.39 is 0 Å². The summed E-state index contributed by atoms with van der Waals surface area (Å²) in [5, 5.41) is 3.38. The van der Waals surface area contributed by atoms with E-state index in [1.165, 1.54) is 4.90 Å². The molecule has 0 radical (unpaired) electrons. The molecule has 118 valence electrons. The summed E-state index contributed by atoms with van der Waals surface area (Å²) < 4.78 is 11.1. The minimum absolute atomic E-state index is 0.121. The van der Waals surface area contributed by atoms with Crippen LogP contribution in [0.15, 0.2) is 23.9 Å². The first-order chi connectivity index (χ1) is 10.6. The van der Waals surface area contributed by atoms with Gasteiger partial charge in [0.15, 0.2) is 5.11 Å². The largest absolute Gasteiger partial charge is 0.494 e. The highest BCUT2D eigenvalue weighted by Crippen LogP contribution is 2.28. The molecule has 0 bridgehead atoms. The van der Waals surface area contributed by atoms with Crippen LogP contribution in [0.1, 0.15) is 26.3 Å². The predicted molar refractivity (Wildman–Crippen MR) is 89.9 cm³/mol. The molecule has 2 rings (SSSR count). The van der Waals surface area contributed by atoms with Gasteiger partial charge in [-0.3, -0.25) is 9.69 Å². The SMILES string of the molecule is CCOc1ccc(C=C2NC(=S)N(CC)C2=O)c(OCC)c1. The van der Waals surface area contributed by atoms with Crippen LogP contribution in [-0.4, -0.2) is 35.7 Å². The van der Waals surface area contributed by atoms with Crippen LogP contribution < -0.4 is 14.8 Å². The number of carbonyl (C=O) groups excluding carboxylic acids is 1. The number of likely N-dealkylation sites (N-methyl/N-ethyl adjacent to an activating group) is 1. The lowest BCUT2D eigenvalue weighted by atomic mass is 10.1. The van der Waals surface area contributed by atoms with Crippen molar-refractivity contribution in [2.75, 3.05) is 19.8 Å². The molecule has 1 amide bonds. The maximum atomic E-state index is 12.2. The number of carbonyl (C=O) groups is 1. The molecule has 6 heteroatoms. The summed E-state index contributed by atoms with van der Waals surface area (Å²) in [6.45, 7) is 7.40. The molecule has 1 aromatic rings. The van der Waals surface area contributed by atoms with Crippen molar-refractivity contribution in [2.24, 2.45) is 0 Å². The minimum atomic E-state index is -0.121. The maximum Gasteiger partial charge on any atom is 0.276 e. The number of hydrogen-bond donors (Lipinski definition) is 1. The molecule has 1 fully saturated rings. The summed E-state index contributed by atoms with van der Waals surface area (Å²) in [5.74, 6) is 1.30. The molecule has 0 unspecified atom stereocenters. The van der Waals surface area contributed by atoms with Crippen LogP contribution in [0.2, 0.25) is 0 Å². The second kappa shape index (κ2) is 7.26. The second-order valence-electron chi connectivity index (χ2n) is 4.60. The monoisotopic (exact) mass is 320 g/mol. The molecule has 5 nitrogen and oxygen atoms in total. The first kappa shape index (κ1) is 16.3.